The molecule has 0 unspecified atom stereocenters. The summed E-state index contributed by atoms with van der Waals surface area (Å²) < 4.78 is 44.3. The van der Waals surface area contributed by atoms with Crippen LogP contribution in [0.5, 0.6) is 0 Å². The number of carbonyl (C=O) groups is 1. The number of carbonyl (C=O) groups excluding carboxylic acids is 1. The third-order valence-electron chi connectivity index (χ3n) is 5.73. The minimum atomic E-state index is -0.782. The van der Waals surface area contributed by atoms with Crippen molar-refractivity contribution in [2.45, 2.75) is 13.1 Å². The van der Waals surface area contributed by atoms with Crippen LogP contribution in [0.25, 0.3) is 16.9 Å². The van der Waals surface area contributed by atoms with Crippen molar-refractivity contribution in [2.24, 2.45) is 0 Å². The number of aromatic nitrogens is 3. The molecule has 0 saturated carbocycles. The Morgan fingerprint density at radius 3 is 2.25 bits per heavy atom. The summed E-state index contributed by atoms with van der Waals surface area (Å²) in [6, 6.07) is 18.0. The van der Waals surface area contributed by atoms with Gasteiger partial charge in [0.15, 0.2) is 0 Å². The maximum absolute atomic E-state index is 14.1. The number of amides is 1. The van der Waals surface area contributed by atoms with Crippen LogP contribution in [0, 0.1) is 17.5 Å². The lowest BCUT2D eigenvalue weighted by Crippen LogP contribution is -2.26. The second kappa shape index (κ2) is 9.53. The molecule has 0 aromatic heterocycles. The Kier molecular flexibility index (Phi) is 6.12. The van der Waals surface area contributed by atoms with Crippen LogP contribution in [-0.2, 0) is 13.1 Å². The average molecular weight is 488 g/mol. The fourth-order valence-electron chi connectivity index (χ4n) is 3.93. The molecule has 3 aromatic rings. The molecular weight excluding hydrogens is 469 g/mol. The molecule has 2 aliphatic rings. The lowest BCUT2D eigenvalue weighted by Gasteiger charge is -2.13. The zero-order valence-corrected chi connectivity index (χ0v) is 18.8. The van der Waals surface area contributed by atoms with Gasteiger partial charge in [-0.25, -0.2) is 13.2 Å². The highest BCUT2D eigenvalue weighted by Crippen LogP contribution is 2.23. The van der Waals surface area contributed by atoms with Gasteiger partial charge in [-0.2, -0.15) is 9.78 Å². The first-order valence-corrected chi connectivity index (χ1v) is 11.0. The second-order valence-electron chi connectivity index (χ2n) is 8.17. The van der Waals surface area contributed by atoms with Crippen molar-refractivity contribution in [3.63, 3.8) is 0 Å². The van der Waals surface area contributed by atoms with Crippen LogP contribution in [0.15, 0.2) is 90.0 Å². The van der Waals surface area contributed by atoms with E-state index in [4.69, 9.17) is 0 Å². The predicted octanol–water partition coefficient (Wildman–Crippen LogP) is 4.53. The van der Waals surface area contributed by atoms with Gasteiger partial charge in [0.2, 0.25) is 0 Å². The fraction of sp³-hybridized carbons (Fsp3) is 0.0741. The quantitative estimate of drug-likeness (QED) is 0.382. The smallest absolute Gasteiger partial charge is 0.282 e. The maximum Gasteiger partial charge on any atom is 0.282 e. The Morgan fingerprint density at radius 1 is 0.861 bits per heavy atom. The molecule has 2 heterocycles. The fourth-order valence-corrected chi connectivity index (χ4v) is 3.93. The van der Waals surface area contributed by atoms with Gasteiger partial charge in [-0.15, -0.1) is 0 Å². The molecule has 180 valence electrons. The molecule has 0 radical (unpaired) electrons. The number of benzene rings is 3. The van der Waals surface area contributed by atoms with Gasteiger partial charge in [-0.1, -0.05) is 36.4 Å². The topological polar surface area (TPSA) is 68.9 Å². The molecule has 5 rings (SSSR count). The highest BCUT2D eigenvalue weighted by atomic mass is 19.1. The zero-order valence-electron chi connectivity index (χ0n) is 18.8. The highest BCUT2D eigenvalue weighted by Gasteiger charge is 2.25. The van der Waals surface area contributed by atoms with Crippen molar-refractivity contribution in [1.29, 1.82) is 0 Å². The summed E-state index contributed by atoms with van der Waals surface area (Å²) in [6.45, 7) is -0.149. The average Bonchev–Trinajstić information content (AvgIpc) is 3.21. The minimum Gasteiger partial charge on any atom is -0.348 e. The summed E-state index contributed by atoms with van der Waals surface area (Å²) in [5.41, 5.74) is 0.928. The van der Waals surface area contributed by atoms with E-state index in [1.165, 1.54) is 29.1 Å². The molecule has 0 bridgehead atoms. The van der Waals surface area contributed by atoms with E-state index in [-0.39, 0.29) is 34.7 Å². The monoisotopic (exact) mass is 488 g/mol. The van der Waals surface area contributed by atoms with Gasteiger partial charge in [0.1, 0.15) is 23.1 Å². The Labute approximate surface area is 203 Å². The lowest BCUT2D eigenvalue weighted by molar-refractivity contribution is 0.0950. The third kappa shape index (κ3) is 4.50. The Morgan fingerprint density at radius 2 is 1.56 bits per heavy atom. The molecule has 2 aliphatic heterocycles. The number of fused-ring (bicyclic) bond motifs is 1. The van der Waals surface area contributed by atoms with Crippen molar-refractivity contribution < 1.29 is 18.0 Å². The van der Waals surface area contributed by atoms with E-state index < -0.39 is 29.6 Å². The van der Waals surface area contributed by atoms with Crippen molar-refractivity contribution in [1.82, 2.24) is 19.7 Å². The summed E-state index contributed by atoms with van der Waals surface area (Å²) >= 11 is 0. The van der Waals surface area contributed by atoms with Crippen LogP contribution in [0.1, 0.15) is 21.5 Å². The van der Waals surface area contributed by atoms with Crippen LogP contribution >= 0.6 is 0 Å². The third-order valence-corrected chi connectivity index (χ3v) is 5.73. The zero-order chi connectivity index (χ0) is 25.2. The summed E-state index contributed by atoms with van der Waals surface area (Å²) in [7, 11) is 0. The van der Waals surface area contributed by atoms with E-state index in [1.54, 1.807) is 53.2 Å². The van der Waals surface area contributed by atoms with Crippen LogP contribution in [0.4, 0.5) is 13.2 Å². The van der Waals surface area contributed by atoms with Gasteiger partial charge < -0.3 is 9.88 Å². The SMILES string of the molecule is O=C(NCc1c(F)cccc1F)c1cn(Cc2ccc(F)cc2)cc2c(=O)n(-c3ccccc3)nc1-2. The van der Waals surface area contributed by atoms with Gasteiger partial charge in [-0.3, -0.25) is 9.59 Å². The summed E-state index contributed by atoms with van der Waals surface area (Å²) in [6.07, 6.45) is 3.07. The van der Waals surface area contributed by atoms with E-state index in [0.717, 1.165) is 17.7 Å². The van der Waals surface area contributed by atoms with Gasteiger partial charge in [-0.05, 0) is 42.0 Å². The van der Waals surface area contributed by atoms with E-state index in [9.17, 15) is 22.8 Å². The van der Waals surface area contributed by atoms with E-state index >= 15 is 0 Å². The first-order valence-electron chi connectivity index (χ1n) is 11.0. The second-order valence-corrected chi connectivity index (χ2v) is 8.17. The molecular formula is C27H19F3N4O2. The number of halogens is 3. The molecule has 0 spiro atoms. The Bertz CT molecular complexity index is 1560. The Hall–Kier alpha value is -4.66. The molecule has 9 heteroatoms. The highest BCUT2D eigenvalue weighted by molar-refractivity contribution is 5.99. The molecule has 1 amide bonds. The van der Waals surface area contributed by atoms with Gasteiger partial charge in [0, 0.05) is 31.0 Å². The molecule has 1 N–H and O–H groups in total. The normalized spacial score (nSPS) is 11.1. The van der Waals surface area contributed by atoms with Crippen LogP contribution in [0.2, 0.25) is 0 Å². The number of nitrogens with one attached hydrogen (secondary N) is 1. The van der Waals surface area contributed by atoms with Crippen molar-refractivity contribution >= 4 is 5.91 Å². The molecule has 0 atom stereocenters. The summed E-state index contributed by atoms with van der Waals surface area (Å²) in [4.78, 5) is 26.4. The Balaban J connectivity index is 1.57. The standard InChI is InChI=1S/C27H19F3N4O2/c28-18-11-9-17(10-12-18)14-33-15-21(26(35)31-13-20-23(29)7-4-8-24(20)30)25-22(16-33)27(36)34(32-25)19-5-2-1-3-6-19/h1-12,15-16H,13-14H2,(H,31,35). The molecule has 0 saturated heterocycles. The lowest BCUT2D eigenvalue weighted by atomic mass is 10.1. The van der Waals surface area contributed by atoms with E-state index in [0.29, 0.717) is 5.69 Å². The van der Waals surface area contributed by atoms with Gasteiger partial charge in [0.05, 0.1) is 16.8 Å². The minimum absolute atomic E-state index is 0.0538. The number of para-hydroxylation sites is 1. The molecule has 6 nitrogen and oxygen atoms in total. The van der Waals surface area contributed by atoms with Crippen LogP contribution in [0.3, 0.4) is 0 Å². The van der Waals surface area contributed by atoms with E-state index in [2.05, 4.69) is 10.4 Å². The van der Waals surface area contributed by atoms with Crippen molar-refractivity contribution in [2.75, 3.05) is 0 Å². The van der Waals surface area contributed by atoms with E-state index in [1.807, 2.05) is 0 Å². The predicted molar refractivity (Wildman–Crippen MR) is 127 cm³/mol. The molecule has 36 heavy (non-hydrogen) atoms. The number of rotatable bonds is 6. The molecule has 0 aliphatic carbocycles. The molecule has 0 fully saturated rings. The number of pyridine rings is 1. The first kappa shape index (κ1) is 23.1. The van der Waals surface area contributed by atoms with Gasteiger partial charge >= 0.3 is 0 Å². The number of nitrogens with zero attached hydrogens (tertiary/aromatic N) is 3. The van der Waals surface area contributed by atoms with Crippen LogP contribution in [-0.4, -0.2) is 20.3 Å². The van der Waals surface area contributed by atoms with Crippen LogP contribution < -0.4 is 10.9 Å². The van der Waals surface area contributed by atoms with Crippen molar-refractivity contribution in [3.05, 3.63) is 130 Å². The maximum atomic E-state index is 14.1. The first-order chi connectivity index (χ1) is 17.4. The van der Waals surface area contributed by atoms with Gasteiger partial charge in [0.25, 0.3) is 11.5 Å². The van der Waals surface area contributed by atoms with Crippen molar-refractivity contribution in [3.8, 4) is 16.9 Å². The summed E-state index contributed by atoms with van der Waals surface area (Å²) in [5.74, 6) is -2.61. The molecule has 3 aromatic carbocycles. The number of hydrogen-bond donors (Lipinski definition) is 1. The summed E-state index contributed by atoms with van der Waals surface area (Å²) in [5, 5.41) is 6.91. The number of hydrogen-bond acceptors (Lipinski definition) is 3. The largest absolute Gasteiger partial charge is 0.348 e.